The molecule has 0 aliphatic carbocycles. The molecule has 0 aliphatic rings. The fourth-order valence-electron chi connectivity index (χ4n) is 1.92. The van der Waals surface area contributed by atoms with Gasteiger partial charge in [0.25, 0.3) is 0 Å². The number of rotatable bonds is 3. The van der Waals surface area contributed by atoms with Crippen molar-refractivity contribution >= 4 is 0 Å². The smallest absolute Gasteiger partial charge is 0.173 e. The number of hydrogen-bond acceptors (Lipinski definition) is 0. The maximum atomic E-state index is 2.25. The maximum Gasteiger partial charge on any atom is 0.173 e. The number of aromatic nitrogens is 1. The van der Waals surface area contributed by atoms with Gasteiger partial charge in [0.2, 0.25) is 0 Å². The third-order valence-corrected chi connectivity index (χ3v) is 2.93. The number of hydrogen-bond donors (Lipinski definition) is 0. The molecule has 82 valence electrons. The molecule has 1 heterocycles. The van der Waals surface area contributed by atoms with Crippen LogP contribution in [0.2, 0.25) is 0 Å². The summed E-state index contributed by atoms with van der Waals surface area (Å²) in [6, 6.07) is 12.8. The molecule has 0 unspecified atom stereocenters. The highest BCUT2D eigenvalue weighted by molar-refractivity contribution is 5.19. The van der Waals surface area contributed by atoms with Crippen LogP contribution < -0.4 is 4.57 Å². The molecule has 0 fully saturated rings. The highest BCUT2D eigenvalue weighted by atomic mass is 14.9. The van der Waals surface area contributed by atoms with Gasteiger partial charge in [-0.1, -0.05) is 37.3 Å². The van der Waals surface area contributed by atoms with Crippen LogP contribution in [0.15, 0.2) is 48.8 Å². The van der Waals surface area contributed by atoms with E-state index in [1.807, 2.05) is 0 Å². The normalized spacial score (nSPS) is 10.4. The first-order valence-corrected chi connectivity index (χ1v) is 5.82. The lowest BCUT2D eigenvalue weighted by Crippen LogP contribution is -2.34. The van der Waals surface area contributed by atoms with E-state index in [0.29, 0.717) is 0 Å². The summed E-state index contributed by atoms with van der Waals surface area (Å²) in [4.78, 5) is 0. The highest BCUT2D eigenvalue weighted by Crippen LogP contribution is 2.05. The first-order chi connectivity index (χ1) is 7.79. The highest BCUT2D eigenvalue weighted by Gasteiger charge is 2.05. The van der Waals surface area contributed by atoms with E-state index in [1.54, 1.807) is 0 Å². The molecule has 1 nitrogen and oxygen atoms in total. The molecule has 0 bridgehead atoms. The second-order valence-corrected chi connectivity index (χ2v) is 4.16. The summed E-state index contributed by atoms with van der Waals surface area (Å²) in [5.41, 5.74) is 4.16. The monoisotopic (exact) mass is 212 g/mol. The molecule has 1 heteroatoms. The molecular formula is C15H18N+. The molecule has 0 saturated carbocycles. The van der Waals surface area contributed by atoms with Crippen LogP contribution in [0.5, 0.6) is 0 Å². The zero-order valence-corrected chi connectivity index (χ0v) is 9.98. The van der Waals surface area contributed by atoms with Crippen molar-refractivity contribution in [1.29, 1.82) is 0 Å². The Morgan fingerprint density at radius 1 is 1.06 bits per heavy atom. The van der Waals surface area contributed by atoms with Crippen molar-refractivity contribution < 1.29 is 4.57 Å². The van der Waals surface area contributed by atoms with Crippen LogP contribution in [0.4, 0.5) is 0 Å². The molecule has 0 spiro atoms. The van der Waals surface area contributed by atoms with Crippen molar-refractivity contribution in [2.75, 3.05) is 0 Å². The summed E-state index contributed by atoms with van der Waals surface area (Å²) in [7, 11) is 0. The first-order valence-electron chi connectivity index (χ1n) is 5.82. The minimum absolute atomic E-state index is 0.952. The van der Waals surface area contributed by atoms with Crippen LogP contribution in [-0.2, 0) is 13.0 Å². The predicted octanol–water partition coefficient (Wildman–Crippen LogP) is 2.89. The van der Waals surface area contributed by atoms with Crippen LogP contribution in [0.25, 0.3) is 0 Å². The van der Waals surface area contributed by atoms with Crippen molar-refractivity contribution in [1.82, 2.24) is 0 Å². The zero-order valence-electron chi connectivity index (χ0n) is 9.98. The van der Waals surface area contributed by atoms with E-state index in [0.717, 1.165) is 13.0 Å². The molecular weight excluding hydrogens is 194 g/mol. The van der Waals surface area contributed by atoms with Crippen LogP contribution >= 0.6 is 0 Å². The third kappa shape index (κ3) is 2.48. The van der Waals surface area contributed by atoms with Gasteiger partial charge in [0, 0.05) is 17.2 Å². The Hall–Kier alpha value is -1.63. The minimum atomic E-state index is 0.952. The molecule has 0 amide bonds. The number of nitrogens with zero attached hydrogens (tertiary/aromatic N) is 1. The van der Waals surface area contributed by atoms with E-state index in [4.69, 9.17) is 0 Å². The van der Waals surface area contributed by atoms with Crippen molar-refractivity contribution in [3.8, 4) is 0 Å². The van der Waals surface area contributed by atoms with Gasteiger partial charge >= 0.3 is 0 Å². The van der Waals surface area contributed by atoms with Gasteiger partial charge in [0.1, 0.15) is 0 Å². The van der Waals surface area contributed by atoms with Crippen LogP contribution in [0.3, 0.4) is 0 Å². The van der Waals surface area contributed by atoms with E-state index in [1.165, 1.54) is 16.7 Å². The van der Waals surface area contributed by atoms with Gasteiger partial charge in [-0.05, 0) is 18.9 Å². The Labute approximate surface area is 97.4 Å². The Kier molecular flexibility index (Phi) is 3.35. The van der Waals surface area contributed by atoms with Gasteiger partial charge in [0.15, 0.2) is 18.9 Å². The van der Waals surface area contributed by atoms with Crippen LogP contribution in [0, 0.1) is 6.92 Å². The topological polar surface area (TPSA) is 3.88 Å². The summed E-state index contributed by atoms with van der Waals surface area (Å²) >= 11 is 0. The van der Waals surface area contributed by atoms with E-state index >= 15 is 0 Å². The molecule has 0 aliphatic heterocycles. The average molecular weight is 212 g/mol. The molecule has 2 rings (SSSR count). The molecule has 0 saturated heterocycles. The predicted molar refractivity (Wildman–Crippen MR) is 66.3 cm³/mol. The second-order valence-electron chi connectivity index (χ2n) is 4.16. The maximum absolute atomic E-state index is 2.25. The second kappa shape index (κ2) is 4.93. The third-order valence-electron chi connectivity index (χ3n) is 2.93. The van der Waals surface area contributed by atoms with E-state index in [2.05, 4.69) is 67.2 Å². The van der Waals surface area contributed by atoms with E-state index in [9.17, 15) is 0 Å². The summed E-state index contributed by atoms with van der Waals surface area (Å²) in [6.45, 7) is 5.33. The zero-order chi connectivity index (χ0) is 11.4. The van der Waals surface area contributed by atoms with Gasteiger partial charge < -0.3 is 0 Å². The molecule has 2 aromatic rings. The van der Waals surface area contributed by atoms with E-state index in [-0.39, 0.29) is 0 Å². The lowest BCUT2D eigenvalue weighted by molar-refractivity contribution is -0.688. The average Bonchev–Trinajstić information content (AvgIpc) is 2.33. The summed E-state index contributed by atoms with van der Waals surface area (Å²) in [5, 5.41) is 0. The fourth-order valence-corrected chi connectivity index (χ4v) is 1.92. The standard InChI is InChI=1S/C15H18N/c1-3-15-12-16(10-9-13(15)2)11-14-7-5-4-6-8-14/h4-10,12H,3,11H2,1-2H3/q+1. The summed E-state index contributed by atoms with van der Waals surface area (Å²) in [5.74, 6) is 0. The summed E-state index contributed by atoms with van der Waals surface area (Å²) < 4.78 is 2.25. The quantitative estimate of drug-likeness (QED) is 0.689. The number of pyridine rings is 1. The number of benzene rings is 1. The molecule has 1 aromatic carbocycles. The lowest BCUT2D eigenvalue weighted by atomic mass is 10.1. The largest absolute Gasteiger partial charge is 0.200 e. The van der Waals surface area contributed by atoms with Gasteiger partial charge in [-0.25, -0.2) is 4.57 Å². The lowest BCUT2D eigenvalue weighted by Gasteiger charge is -2.02. The molecule has 16 heavy (non-hydrogen) atoms. The molecule has 0 radical (unpaired) electrons. The van der Waals surface area contributed by atoms with Gasteiger partial charge in [-0.15, -0.1) is 0 Å². The van der Waals surface area contributed by atoms with Crippen molar-refractivity contribution in [2.24, 2.45) is 0 Å². The molecule has 0 N–H and O–H groups in total. The van der Waals surface area contributed by atoms with Crippen molar-refractivity contribution in [3.05, 3.63) is 65.5 Å². The molecule has 1 aromatic heterocycles. The fraction of sp³-hybridized carbons (Fsp3) is 0.267. The van der Waals surface area contributed by atoms with Gasteiger partial charge in [-0.2, -0.15) is 0 Å². The van der Waals surface area contributed by atoms with Crippen molar-refractivity contribution in [2.45, 2.75) is 26.8 Å². The van der Waals surface area contributed by atoms with Crippen LogP contribution in [-0.4, -0.2) is 0 Å². The Morgan fingerprint density at radius 3 is 2.50 bits per heavy atom. The van der Waals surface area contributed by atoms with Gasteiger partial charge in [-0.3, -0.25) is 0 Å². The Balaban J connectivity index is 2.22. The first kappa shape index (κ1) is 10.9. The Morgan fingerprint density at radius 2 is 1.81 bits per heavy atom. The minimum Gasteiger partial charge on any atom is -0.200 e. The van der Waals surface area contributed by atoms with Crippen LogP contribution in [0.1, 0.15) is 23.6 Å². The Bertz CT molecular complexity index is 460. The van der Waals surface area contributed by atoms with E-state index < -0.39 is 0 Å². The van der Waals surface area contributed by atoms with Gasteiger partial charge in [0.05, 0.1) is 0 Å². The SMILES string of the molecule is CCc1c[n+](Cc2ccccc2)ccc1C. The molecule has 0 atom stereocenters. The number of aryl methyl sites for hydroxylation is 2. The van der Waals surface area contributed by atoms with Crippen molar-refractivity contribution in [3.63, 3.8) is 0 Å². The summed E-state index contributed by atoms with van der Waals surface area (Å²) in [6.07, 6.45) is 5.51.